The van der Waals surface area contributed by atoms with E-state index >= 15 is 0 Å². The number of carbonyl (C=O) groups excluding carboxylic acids is 1. The van der Waals surface area contributed by atoms with Crippen LogP contribution in [-0.4, -0.2) is 9.40 Å². The van der Waals surface area contributed by atoms with Gasteiger partial charge in [-0.2, -0.15) is 0 Å². The maximum atomic E-state index is 9.83. The summed E-state index contributed by atoms with van der Waals surface area (Å²) in [7, 11) is 0. The second-order valence-corrected chi connectivity index (χ2v) is 2.96. The molecule has 0 aliphatic heterocycles. The Balaban J connectivity index is 3.26. The van der Waals surface area contributed by atoms with E-state index in [-0.39, 0.29) is 5.12 Å². The lowest BCUT2D eigenvalue weighted by molar-refractivity contribution is -0.109. The van der Waals surface area contributed by atoms with Gasteiger partial charge in [0.25, 0.3) is 0 Å². The first-order valence-corrected chi connectivity index (χ1v) is 2.95. The van der Waals surface area contributed by atoms with Crippen molar-refractivity contribution in [2.75, 3.05) is 0 Å². The second-order valence-electron chi connectivity index (χ2n) is 0.639. The minimum absolute atomic E-state index is 0.364. The van der Waals surface area contributed by atoms with E-state index in [0.29, 0.717) is 0 Å². The Hall–Kier alpha value is 0.790. The first-order valence-electron chi connectivity index (χ1n) is 1.15. The van der Waals surface area contributed by atoms with Crippen LogP contribution in [0.4, 0.5) is 0 Å². The van der Waals surface area contributed by atoms with Crippen LogP contribution in [0.1, 0.15) is 0 Å². The summed E-state index contributed by atoms with van der Waals surface area (Å²) in [6, 6.07) is 0. The van der Waals surface area contributed by atoms with E-state index < -0.39 is 4.29 Å². The summed E-state index contributed by atoms with van der Waals surface area (Å²) in [6.07, 6.45) is 0. The van der Waals surface area contributed by atoms with E-state index in [1.165, 1.54) is 0 Å². The van der Waals surface area contributed by atoms with Crippen LogP contribution < -0.4 is 0 Å². The van der Waals surface area contributed by atoms with Crippen molar-refractivity contribution in [2.45, 2.75) is 4.29 Å². The molecule has 0 aliphatic carbocycles. The molecule has 36 valence electrons. The highest BCUT2D eigenvalue weighted by atomic mass is 79.9. The maximum Gasteiger partial charge on any atom is 0.214 e. The molecule has 6 heavy (non-hydrogen) atoms. The number of hydrogen-bond acceptors (Lipinski definition) is 1. The average Bonchev–Trinajstić information content (AvgIpc) is 1.36. The molecule has 1 unspecified atom stereocenters. The zero-order valence-electron chi connectivity index (χ0n) is 2.69. The van der Waals surface area contributed by atoms with Crippen molar-refractivity contribution in [3.63, 3.8) is 0 Å². The molecule has 0 N–H and O–H groups in total. The molecular weight excluding hydrogens is 187 g/mol. The largest absolute Gasteiger partial charge is 0.285 e. The fourth-order valence-electron chi connectivity index (χ4n) is 0. The summed E-state index contributed by atoms with van der Waals surface area (Å²) >= 11 is 11.3. The van der Waals surface area contributed by atoms with Crippen molar-refractivity contribution in [2.24, 2.45) is 0 Å². The highest BCUT2D eigenvalue weighted by molar-refractivity contribution is 9.10. The minimum Gasteiger partial charge on any atom is -0.285 e. The Morgan fingerprint density at radius 3 is 2.17 bits per heavy atom. The summed E-state index contributed by atoms with van der Waals surface area (Å²) in [5.41, 5.74) is 0. The van der Waals surface area contributed by atoms with Gasteiger partial charge in [-0.25, -0.2) is 0 Å². The lowest BCUT2D eigenvalue weighted by atomic mass is 10.9. The Bertz CT molecular complexity index is 64.6. The zero-order valence-corrected chi connectivity index (χ0v) is 5.93. The van der Waals surface area contributed by atoms with Crippen molar-refractivity contribution in [1.82, 2.24) is 0 Å². The van der Waals surface area contributed by atoms with Gasteiger partial charge >= 0.3 is 0 Å². The number of carbonyl (C=O) groups is 1. The van der Waals surface area contributed by atoms with E-state index in [4.69, 9.17) is 11.6 Å². The van der Waals surface area contributed by atoms with Crippen LogP contribution in [0.2, 0.25) is 0 Å². The molecule has 4 heteroatoms. The molecule has 0 radical (unpaired) electrons. The molecule has 0 amide bonds. The Kier molecular flexibility index (Phi) is 3.26. The van der Waals surface area contributed by atoms with Crippen molar-refractivity contribution in [3.8, 4) is 0 Å². The van der Waals surface area contributed by atoms with E-state index in [9.17, 15) is 4.79 Å². The third-order valence-corrected chi connectivity index (χ3v) is 1.56. The fourth-order valence-corrected chi connectivity index (χ4v) is 0. The Morgan fingerprint density at radius 2 is 2.17 bits per heavy atom. The van der Waals surface area contributed by atoms with Gasteiger partial charge < -0.3 is 0 Å². The van der Waals surface area contributed by atoms with Gasteiger partial charge in [0.05, 0.1) is 0 Å². The first kappa shape index (κ1) is 6.79. The van der Waals surface area contributed by atoms with Gasteiger partial charge in [0.2, 0.25) is 5.12 Å². The molecule has 0 rings (SSSR count). The van der Waals surface area contributed by atoms with Gasteiger partial charge in [-0.05, 0) is 0 Å². The van der Waals surface area contributed by atoms with Crippen LogP contribution >= 0.6 is 40.2 Å². The summed E-state index contributed by atoms with van der Waals surface area (Å²) in [5.74, 6) is 0. The van der Waals surface area contributed by atoms with Gasteiger partial charge in [-0.1, -0.05) is 15.9 Å². The van der Waals surface area contributed by atoms with Crippen molar-refractivity contribution >= 4 is 45.3 Å². The molecule has 0 saturated heterocycles. The summed E-state index contributed by atoms with van der Waals surface area (Å²) in [5, 5.41) is -0.364. The zero-order chi connectivity index (χ0) is 5.15. The van der Waals surface area contributed by atoms with E-state index in [2.05, 4.69) is 28.6 Å². The van der Waals surface area contributed by atoms with Crippen molar-refractivity contribution in [1.29, 1.82) is 0 Å². The Labute approximate surface area is 54.6 Å². The molecule has 0 aromatic rings. The highest BCUT2D eigenvalue weighted by Gasteiger charge is 2.02. The normalized spacial score (nSPS) is 13.8. The fraction of sp³-hybridized carbons (Fsp3) is 0.500. The van der Waals surface area contributed by atoms with Crippen LogP contribution in [0.25, 0.3) is 0 Å². The lowest BCUT2D eigenvalue weighted by Crippen LogP contribution is -1.94. The topological polar surface area (TPSA) is 17.1 Å². The number of thiol groups is 1. The number of halogens is 2. The van der Waals surface area contributed by atoms with Gasteiger partial charge in [0.15, 0.2) is 4.29 Å². The molecule has 0 aromatic carbocycles. The molecule has 0 aliphatic rings. The number of rotatable bonds is 1. The second kappa shape index (κ2) is 2.88. The monoisotopic (exact) mass is 188 g/mol. The molecule has 0 spiro atoms. The summed E-state index contributed by atoms with van der Waals surface area (Å²) < 4.78 is -0.638. The quantitative estimate of drug-likeness (QED) is 0.487. The molecule has 0 fully saturated rings. The van der Waals surface area contributed by atoms with Crippen LogP contribution in [0, 0.1) is 0 Å². The Morgan fingerprint density at radius 1 is 2.00 bits per heavy atom. The minimum atomic E-state index is -0.638. The summed E-state index contributed by atoms with van der Waals surface area (Å²) in [4.78, 5) is 9.83. The molecule has 1 nitrogen and oxygen atoms in total. The standard InChI is InChI=1S/C2H2BrClOS/c3-1(4)2(5)6/h1H,(H,5,6). The van der Waals surface area contributed by atoms with Gasteiger partial charge in [-0.3, -0.25) is 4.79 Å². The van der Waals surface area contributed by atoms with Gasteiger partial charge in [0, 0.05) is 0 Å². The van der Waals surface area contributed by atoms with E-state index in [1.54, 1.807) is 0 Å². The smallest absolute Gasteiger partial charge is 0.214 e. The van der Waals surface area contributed by atoms with Crippen LogP contribution in [-0.2, 0) is 4.79 Å². The predicted octanol–water partition coefficient (Wildman–Crippen LogP) is 1.40. The molecule has 1 atom stereocenters. The van der Waals surface area contributed by atoms with Crippen LogP contribution in [0.3, 0.4) is 0 Å². The third-order valence-electron chi connectivity index (χ3n) is 0.187. The predicted molar refractivity (Wildman–Crippen MR) is 32.6 cm³/mol. The van der Waals surface area contributed by atoms with E-state index in [0.717, 1.165) is 0 Å². The molecule has 0 heterocycles. The average molecular weight is 189 g/mol. The molecular formula is C2H2BrClOS. The third kappa shape index (κ3) is 3.00. The number of hydrogen-bond donors (Lipinski definition) is 1. The van der Waals surface area contributed by atoms with Crippen LogP contribution in [0.15, 0.2) is 0 Å². The summed E-state index contributed by atoms with van der Waals surface area (Å²) in [6.45, 7) is 0. The lowest BCUT2D eigenvalue weighted by Gasteiger charge is -1.84. The molecule has 0 aromatic heterocycles. The first-order chi connectivity index (χ1) is 2.64. The van der Waals surface area contributed by atoms with Crippen molar-refractivity contribution < 1.29 is 4.79 Å². The highest BCUT2D eigenvalue weighted by Crippen LogP contribution is 2.06. The van der Waals surface area contributed by atoms with Crippen molar-refractivity contribution in [3.05, 3.63) is 0 Å². The maximum absolute atomic E-state index is 9.83. The molecule has 0 saturated carbocycles. The SMILES string of the molecule is O=C(S)C(Cl)Br. The van der Waals surface area contributed by atoms with Gasteiger partial charge in [-0.15, -0.1) is 24.2 Å². The van der Waals surface area contributed by atoms with Crippen LogP contribution in [0.5, 0.6) is 0 Å². The molecule has 0 bridgehead atoms. The van der Waals surface area contributed by atoms with Gasteiger partial charge in [0.1, 0.15) is 0 Å². The number of alkyl halides is 2. The van der Waals surface area contributed by atoms with E-state index in [1.807, 2.05) is 0 Å².